The third kappa shape index (κ3) is 2.76. The van der Waals surface area contributed by atoms with E-state index in [9.17, 15) is 9.90 Å². The Morgan fingerprint density at radius 3 is 2.52 bits per heavy atom. The summed E-state index contributed by atoms with van der Waals surface area (Å²) in [6, 6.07) is 12.5. The molecule has 1 fully saturated rings. The van der Waals surface area contributed by atoms with Crippen LogP contribution in [0.3, 0.4) is 0 Å². The second kappa shape index (κ2) is 5.81. The second-order valence-electron chi connectivity index (χ2n) is 6.67. The number of carbonyl (C=O) groups excluding carboxylic acids is 1. The van der Waals surface area contributed by atoms with E-state index in [1.807, 2.05) is 18.2 Å². The number of fused-ring (bicyclic) bond motifs is 1. The van der Waals surface area contributed by atoms with Crippen LogP contribution in [0.5, 0.6) is 5.88 Å². The molecule has 128 valence electrons. The van der Waals surface area contributed by atoms with Crippen molar-refractivity contribution in [2.75, 3.05) is 11.9 Å². The Hall–Kier alpha value is -2.46. The Kier molecular flexibility index (Phi) is 3.73. The van der Waals surface area contributed by atoms with Crippen molar-refractivity contribution >= 4 is 34.0 Å². The number of benzene rings is 2. The van der Waals surface area contributed by atoms with Gasteiger partial charge < -0.3 is 15.0 Å². The lowest BCUT2D eigenvalue weighted by Gasteiger charge is -2.19. The van der Waals surface area contributed by atoms with Crippen LogP contribution in [0.4, 0.5) is 5.69 Å². The number of hydrogen-bond donors (Lipinski definition) is 2. The van der Waals surface area contributed by atoms with E-state index in [-0.39, 0.29) is 11.7 Å². The summed E-state index contributed by atoms with van der Waals surface area (Å²) in [5.41, 5.74) is 3.97. The van der Waals surface area contributed by atoms with Crippen LogP contribution >= 0.6 is 11.6 Å². The van der Waals surface area contributed by atoms with Crippen LogP contribution in [0.2, 0.25) is 5.02 Å². The minimum Gasteiger partial charge on any atom is -0.494 e. The first kappa shape index (κ1) is 16.0. The lowest BCUT2D eigenvalue weighted by molar-refractivity contribution is 0.101. The number of rotatable bonds is 4. The molecular formula is C20H19ClN2O2. The first-order chi connectivity index (χ1) is 12.0. The quantitative estimate of drug-likeness (QED) is 0.648. The fourth-order valence-corrected chi connectivity index (χ4v) is 3.60. The molecule has 1 aromatic heterocycles. The lowest BCUT2D eigenvalue weighted by Crippen LogP contribution is -2.18. The SMILES string of the molecule is CC(=O)c1c(O)[nH]c2cc(Cl)c(-c3ccc(N(C)C4CC4)cc3)cc12. The van der Waals surface area contributed by atoms with E-state index in [0.29, 0.717) is 27.5 Å². The Balaban J connectivity index is 1.78. The van der Waals surface area contributed by atoms with Gasteiger partial charge in [0.15, 0.2) is 5.78 Å². The number of H-pyrrole nitrogens is 1. The minimum atomic E-state index is -0.182. The van der Waals surface area contributed by atoms with Gasteiger partial charge in [0.2, 0.25) is 5.88 Å². The molecule has 25 heavy (non-hydrogen) atoms. The number of Topliss-reactive ketones (excluding diaryl/α,β-unsaturated/α-hetero) is 1. The third-order valence-corrected chi connectivity index (χ3v) is 5.21. The zero-order valence-corrected chi connectivity index (χ0v) is 14.9. The summed E-state index contributed by atoms with van der Waals surface area (Å²) >= 11 is 6.44. The zero-order chi connectivity index (χ0) is 17.7. The van der Waals surface area contributed by atoms with Gasteiger partial charge in [-0.3, -0.25) is 4.79 Å². The third-order valence-electron chi connectivity index (χ3n) is 4.90. The predicted octanol–water partition coefficient (Wildman–Crippen LogP) is 5.00. The van der Waals surface area contributed by atoms with E-state index < -0.39 is 0 Å². The van der Waals surface area contributed by atoms with Crippen molar-refractivity contribution in [1.29, 1.82) is 0 Å². The number of nitrogens with zero attached hydrogens (tertiary/aromatic N) is 1. The maximum Gasteiger partial charge on any atom is 0.200 e. The molecule has 2 N–H and O–H groups in total. The van der Waals surface area contributed by atoms with Gasteiger partial charge in [0.05, 0.1) is 16.1 Å². The van der Waals surface area contributed by atoms with Crippen LogP contribution in [0.15, 0.2) is 36.4 Å². The molecule has 4 rings (SSSR count). The van der Waals surface area contributed by atoms with Gasteiger partial charge in [0.1, 0.15) is 0 Å². The Morgan fingerprint density at radius 2 is 1.92 bits per heavy atom. The molecule has 0 unspecified atom stereocenters. The lowest BCUT2D eigenvalue weighted by atomic mass is 10.0. The number of aromatic amines is 1. The number of aromatic nitrogens is 1. The fourth-order valence-electron chi connectivity index (χ4n) is 3.33. The summed E-state index contributed by atoms with van der Waals surface area (Å²) in [6.45, 7) is 1.44. The van der Waals surface area contributed by atoms with Crippen LogP contribution < -0.4 is 4.90 Å². The molecule has 0 bridgehead atoms. The molecule has 1 aliphatic carbocycles. The van der Waals surface area contributed by atoms with Crippen molar-refractivity contribution in [3.63, 3.8) is 0 Å². The van der Waals surface area contributed by atoms with Crippen LogP contribution in [-0.4, -0.2) is 29.0 Å². The number of halogens is 1. The number of aromatic hydroxyl groups is 1. The molecule has 0 saturated heterocycles. The van der Waals surface area contributed by atoms with E-state index in [4.69, 9.17) is 11.6 Å². The van der Waals surface area contributed by atoms with Gasteiger partial charge in [-0.05, 0) is 49.6 Å². The van der Waals surface area contributed by atoms with Gasteiger partial charge in [0, 0.05) is 29.7 Å². The van der Waals surface area contributed by atoms with E-state index >= 15 is 0 Å². The Bertz CT molecular complexity index is 972. The average molecular weight is 355 g/mol. The molecule has 0 spiro atoms. The minimum absolute atomic E-state index is 0.114. The van der Waals surface area contributed by atoms with Gasteiger partial charge in [-0.1, -0.05) is 23.7 Å². The van der Waals surface area contributed by atoms with Crippen molar-refractivity contribution in [1.82, 2.24) is 4.98 Å². The first-order valence-electron chi connectivity index (χ1n) is 8.34. The summed E-state index contributed by atoms with van der Waals surface area (Å²) < 4.78 is 0. The number of hydrogen-bond acceptors (Lipinski definition) is 3. The van der Waals surface area contributed by atoms with E-state index in [0.717, 1.165) is 11.1 Å². The Labute approximate surface area is 151 Å². The van der Waals surface area contributed by atoms with Crippen molar-refractivity contribution in [3.8, 4) is 17.0 Å². The van der Waals surface area contributed by atoms with Crippen LogP contribution in [0.25, 0.3) is 22.0 Å². The van der Waals surface area contributed by atoms with Gasteiger partial charge in [-0.15, -0.1) is 0 Å². The van der Waals surface area contributed by atoms with E-state index in [2.05, 4.69) is 29.1 Å². The van der Waals surface area contributed by atoms with Crippen molar-refractivity contribution in [2.24, 2.45) is 0 Å². The normalized spacial score (nSPS) is 14.0. The molecule has 2 aromatic carbocycles. The molecule has 1 saturated carbocycles. The predicted molar refractivity (Wildman–Crippen MR) is 102 cm³/mol. The second-order valence-corrected chi connectivity index (χ2v) is 7.08. The molecule has 0 amide bonds. The highest BCUT2D eigenvalue weighted by molar-refractivity contribution is 6.34. The number of anilines is 1. The first-order valence-corrected chi connectivity index (χ1v) is 8.72. The summed E-state index contributed by atoms with van der Waals surface area (Å²) in [7, 11) is 2.12. The fraction of sp³-hybridized carbons (Fsp3) is 0.250. The van der Waals surface area contributed by atoms with Gasteiger partial charge >= 0.3 is 0 Å². The standard InChI is InChI=1S/C20H19ClN2O2/c1-11(24)19-16-9-15(17(21)10-18(16)22-20(19)25)12-3-5-13(6-4-12)23(2)14-7-8-14/h3-6,9-10,14,22,25H,7-8H2,1-2H3. The summed E-state index contributed by atoms with van der Waals surface area (Å²) in [6.07, 6.45) is 2.51. The van der Waals surface area contributed by atoms with E-state index in [1.54, 1.807) is 6.07 Å². The molecule has 1 heterocycles. The van der Waals surface area contributed by atoms with Crippen LogP contribution in [0.1, 0.15) is 30.1 Å². The monoisotopic (exact) mass is 354 g/mol. The maximum atomic E-state index is 11.8. The van der Waals surface area contributed by atoms with Gasteiger partial charge in [-0.25, -0.2) is 0 Å². The molecule has 4 nitrogen and oxygen atoms in total. The molecule has 0 atom stereocenters. The number of carbonyl (C=O) groups is 1. The maximum absolute atomic E-state index is 11.8. The summed E-state index contributed by atoms with van der Waals surface area (Å²) in [5, 5.41) is 11.2. The van der Waals surface area contributed by atoms with E-state index in [1.165, 1.54) is 25.5 Å². The molecule has 3 aromatic rings. The largest absolute Gasteiger partial charge is 0.494 e. The average Bonchev–Trinajstić information content (AvgIpc) is 3.36. The highest BCUT2D eigenvalue weighted by Gasteiger charge is 2.26. The van der Waals surface area contributed by atoms with Crippen LogP contribution in [0, 0.1) is 0 Å². The Morgan fingerprint density at radius 1 is 1.24 bits per heavy atom. The molecule has 5 heteroatoms. The summed E-state index contributed by atoms with van der Waals surface area (Å²) in [5.74, 6) is -0.296. The number of ketones is 1. The highest BCUT2D eigenvalue weighted by atomic mass is 35.5. The van der Waals surface area contributed by atoms with Crippen molar-refractivity contribution in [3.05, 3.63) is 47.0 Å². The smallest absolute Gasteiger partial charge is 0.200 e. The highest BCUT2D eigenvalue weighted by Crippen LogP contribution is 2.37. The van der Waals surface area contributed by atoms with Gasteiger partial charge in [0.25, 0.3) is 0 Å². The molecular weight excluding hydrogens is 336 g/mol. The molecule has 0 radical (unpaired) electrons. The molecule has 0 aliphatic heterocycles. The molecule has 1 aliphatic rings. The number of nitrogens with one attached hydrogen (secondary N) is 1. The van der Waals surface area contributed by atoms with Crippen molar-refractivity contribution in [2.45, 2.75) is 25.8 Å². The topological polar surface area (TPSA) is 56.3 Å². The van der Waals surface area contributed by atoms with Gasteiger partial charge in [-0.2, -0.15) is 0 Å². The summed E-state index contributed by atoms with van der Waals surface area (Å²) in [4.78, 5) is 17.0. The zero-order valence-electron chi connectivity index (χ0n) is 14.1. The van der Waals surface area contributed by atoms with Crippen LogP contribution in [-0.2, 0) is 0 Å². The van der Waals surface area contributed by atoms with Crippen molar-refractivity contribution < 1.29 is 9.90 Å².